The van der Waals surface area contributed by atoms with Crippen LogP contribution in [0.3, 0.4) is 0 Å². The van der Waals surface area contributed by atoms with Crippen molar-refractivity contribution in [2.24, 2.45) is 5.92 Å². The number of hydrogen-bond donors (Lipinski definition) is 1. The fourth-order valence-electron chi connectivity index (χ4n) is 3.74. The van der Waals surface area contributed by atoms with Crippen LogP contribution in [0.25, 0.3) is 0 Å². The monoisotopic (exact) mass is 491 g/mol. The Morgan fingerprint density at radius 1 is 1.12 bits per heavy atom. The molecular weight excluding hydrogens is 469 g/mol. The van der Waals surface area contributed by atoms with E-state index < -0.39 is 15.8 Å². The second-order valence-electron chi connectivity index (χ2n) is 7.88. The molecule has 1 aliphatic rings. The lowest BCUT2D eigenvalue weighted by Crippen LogP contribution is -2.42. The molecule has 1 amide bonds. The number of aromatic nitrogens is 3. The Morgan fingerprint density at radius 3 is 2.45 bits per heavy atom. The lowest BCUT2D eigenvalue weighted by atomic mass is 9.97. The van der Waals surface area contributed by atoms with Crippen molar-refractivity contribution < 1.29 is 17.6 Å². The van der Waals surface area contributed by atoms with Gasteiger partial charge in [-0.3, -0.25) is 4.79 Å². The van der Waals surface area contributed by atoms with Crippen molar-refractivity contribution in [3.8, 4) is 0 Å². The summed E-state index contributed by atoms with van der Waals surface area (Å²) in [6.07, 6.45) is 3.97. The van der Waals surface area contributed by atoms with E-state index in [4.69, 9.17) is 11.6 Å². The average molecular weight is 492 g/mol. The summed E-state index contributed by atoms with van der Waals surface area (Å²) in [4.78, 5) is 16.5. The molecule has 0 bridgehead atoms. The van der Waals surface area contributed by atoms with Crippen molar-refractivity contribution in [2.45, 2.75) is 30.8 Å². The molecule has 1 N–H and O–H groups in total. The van der Waals surface area contributed by atoms with Gasteiger partial charge >= 0.3 is 0 Å². The molecule has 33 heavy (non-hydrogen) atoms. The standard InChI is InChI=1S/C22H23ClFN5O3S/c23-20-11-19(5-6-21(20)24)33(31,32)29-9-7-18(8-10-29)22(30)26-12-16-1-3-17(4-2-16)13-28-15-25-14-27-28/h1-6,11,14-15,18H,7-10,12-13H2,(H,26,30). The third kappa shape index (κ3) is 5.58. The van der Waals surface area contributed by atoms with Crippen molar-refractivity contribution in [3.63, 3.8) is 0 Å². The molecule has 1 aromatic heterocycles. The van der Waals surface area contributed by atoms with Crippen LogP contribution in [0.15, 0.2) is 60.0 Å². The van der Waals surface area contributed by atoms with E-state index in [2.05, 4.69) is 15.4 Å². The van der Waals surface area contributed by atoms with Gasteiger partial charge in [0.15, 0.2) is 0 Å². The summed E-state index contributed by atoms with van der Waals surface area (Å²) in [6.45, 7) is 1.45. The first kappa shape index (κ1) is 23.3. The quantitative estimate of drug-likeness (QED) is 0.548. The first-order valence-electron chi connectivity index (χ1n) is 10.5. The zero-order valence-electron chi connectivity index (χ0n) is 17.7. The number of nitrogens with zero attached hydrogens (tertiary/aromatic N) is 4. The Morgan fingerprint density at radius 2 is 1.82 bits per heavy atom. The SMILES string of the molecule is O=C(NCc1ccc(Cn2cncn2)cc1)C1CCN(S(=O)(=O)c2ccc(F)c(Cl)c2)CC1. The molecule has 2 aromatic carbocycles. The van der Waals surface area contributed by atoms with Gasteiger partial charge in [0.05, 0.1) is 16.5 Å². The van der Waals surface area contributed by atoms with Crippen LogP contribution < -0.4 is 5.32 Å². The van der Waals surface area contributed by atoms with Crippen LogP contribution in [0.4, 0.5) is 4.39 Å². The van der Waals surface area contributed by atoms with Crippen molar-refractivity contribution in [1.82, 2.24) is 24.4 Å². The molecule has 0 saturated carbocycles. The molecule has 0 spiro atoms. The van der Waals surface area contributed by atoms with Gasteiger partial charge in [-0.1, -0.05) is 35.9 Å². The normalized spacial score (nSPS) is 15.5. The smallest absolute Gasteiger partial charge is 0.243 e. The summed E-state index contributed by atoms with van der Waals surface area (Å²) < 4.78 is 42.0. The first-order chi connectivity index (χ1) is 15.8. The molecule has 1 aliphatic heterocycles. The number of piperidine rings is 1. The zero-order chi connectivity index (χ0) is 23.4. The van der Waals surface area contributed by atoms with E-state index >= 15 is 0 Å². The van der Waals surface area contributed by atoms with Crippen LogP contribution in [0, 0.1) is 11.7 Å². The maximum Gasteiger partial charge on any atom is 0.243 e. The number of nitrogens with one attached hydrogen (secondary N) is 1. The molecule has 0 unspecified atom stereocenters. The summed E-state index contributed by atoms with van der Waals surface area (Å²) in [6, 6.07) is 11.2. The highest BCUT2D eigenvalue weighted by atomic mass is 35.5. The van der Waals surface area contributed by atoms with Crippen LogP contribution >= 0.6 is 11.6 Å². The van der Waals surface area contributed by atoms with Crippen LogP contribution in [0.5, 0.6) is 0 Å². The Balaban J connectivity index is 1.27. The zero-order valence-corrected chi connectivity index (χ0v) is 19.3. The summed E-state index contributed by atoms with van der Waals surface area (Å²) >= 11 is 5.73. The number of benzene rings is 2. The molecule has 1 saturated heterocycles. The number of carbonyl (C=O) groups excluding carboxylic acids is 1. The molecule has 174 valence electrons. The highest BCUT2D eigenvalue weighted by Gasteiger charge is 2.32. The van der Waals surface area contributed by atoms with Crippen molar-refractivity contribution >= 4 is 27.5 Å². The van der Waals surface area contributed by atoms with Gasteiger partial charge in [0, 0.05) is 25.6 Å². The minimum Gasteiger partial charge on any atom is -0.352 e. The molecule has 1 fully saturated rings. The molecule has 0 radical (unpaired) electrons. The van der Waals surface area contributed by atoms with Crippen LogP contribution in [-0.4, -0.2) is 46.5 Å². The van der Waals surface area contributed by atoms with Crippen LogP contribution in [0.2, 0.25) is 5.02 Å². The Labute approximate surface area is 196 Å². The molecule has 3 aromatic rings. The number of hydrogen-bond acceptors (Lipinski definition) is 5. The lowest BCUT2D eigenvalue weighted by Gasteiger charge is -2.30. The second kappa shape index (κ2) is 9.98. The van der Waals surface area contributed by atoms with Crippen molar-refractivity contribution in [2.75, 3.05) is 13.1 Å². The van der Waals surface area contributed by atoms with E-state index in [1.807, 2.05) is 24.3 Å². The third-order valence-electron chi connectivity index (χ3n) is 5.65. The highest BCUT2D eigenvalue weighted by molar-refractivity contribution is 7.89. The van der Waals surface area contributed by atoms with Gasteiger partial charge in [0.1, 0.15) is 18.5 Å². The fraction of sp³-hybridized carbons (Fsp3) is 0.318. The second-order valence-corrected chi connectivity index (χ2v) is 10.2. The van der Waals surface area contributed by atoms with E-state index in [1.165, 1.54) is 16.7 Å². The Bertz CT molecular complexity index is 1210. The Kier molecular flexibility index (Phi) is 7.06. The van der Waals surface area contributed by atoms with Gasteiger partial charge in [-0.15, -0.1) is 0 Å². The fourth-order valence-corrected chi connectivity index (χ4v) is 5.48. The van der Waals surface area contributed by atoms with E-state index in [0.717, 1.165) is 23.3 Å². The van der Waals surface area contributed by atoms with E-state index in [1.54, 1.807) is 11.0 Å². The van der Waals surface area contributed by atoms with Crippen molar-refractivity contribution in [3.05, 3.63) is 77.1 Å². The van der Waals surface area contributed by atoms with Gasteiger partial charge < -0.3 is 5.32 Å². The Hall–Kier alpha value is -2.82. The average Bonchev–Trinajstić information content (AvgIpc) is 3.33. The largest absolute Gasteiger partial charge is 0.352 e. The number of rotatable bonds is 7. The molecular formula is C22H23ClFN5O3S. The summed E-state index contributed by atoms with van der Waals surface area (Å²) in [5.74, 6) is -1.03. The molecule has 0 aliphatic carbocycles. The van der Waals surface area contributed by atoms with Crippen LogP contribution in [-0.2, 0) is 27.9 Å². The number of sulfonamides is 1. The van der Waals surface area contributed by atoms with Crippen LogP contribution in [0.1, 0.15) is 24.0 Å². The molecule has 11 heteroatoms. The van der Waals surface area contributed by atoms with Gasteiger partial charge in [-0.25, -0.2) is 22.5 Å². The van der Waals surface area contributed by atoms with Gasteiger partial charge in [0.25, 0.3) is 0 Å². The summed E-state index contributed by atoms with van der Waals surface area (Å²) in [7, 11) is -3.79. The highest BCUT2D eigenvalue weighted by Crippen LogP contribution is 2.26. The predicted octanol–water partition coefficient (Wildman–Crippen LogP) is 2.84. The maximum absolute atomic E-state index is 13.4. The number of carbonyl (C=O) groups is 1. The van der Waals surface area contributed by atoms with E-state index in [9.17, 15) is 17.6 Å². The van der Waals surface area contributed by atoms with Gasteiger partial charge in [0.2, 0.25) is 15.9 Å². The van der Waals surface area contributed by atoms with Gasteiger partial charge in [-0.05, 0) is 42.2 Å². The number of halogens is 2. The van der Waals surface area contributed by atoms with E-state index in [-0.39, 0.29) is 34.8 Å². The minimum absolute atomic E-state index is 0.0518. The summed E-state index contributed by atoms with van der Waals surface area (Å²) in [5, 5.41) is 6.78. The maximum atomic E-state index is 13.4. The van der Waals surface area contributed by atoms with E-state index in [0.29, 0.717) is 25.9 Å². The molecule has 4 rings (SSSR count). The predicted molar refractivity (Wildman–Crippen MR) is 120 cm³/mol. The minimum atomic E-state index is -3.79. The topological polar surface area (TPSA) is 97.2 Å². The molecule has 0 atom stereocenters. The van der Waals surface area contributed by atoms with Gasteiger partial charge in [-0.2, -0.15) is 9.40 Å². The molecule has 8 nitrogen and oxygen atoms in total. The first-order valence-corrected chi connectivity index (χ1v) is 12.3. The third-order valence-corrected chi connectivity index (χ3v) is 7.84. The summed E-state index contributed by atoms with van der Waals surface area (Å²) in [5.41, 5.74) is 2.05. The van der Waals surface area contributed by atoms with Crippen molar-refractivity contribution in [1.29, 1.82) is 0 Å². The lowest BCUT2D eigenvalue weighted by molar-refractivity contribution is -0.126. The molecule has 2 heterocycles. The number of amides is 1.